The molecule has 0 fully saturated rings. The number of para-hydroxylation sites is 2. The van der Waals surface area contributed by atoms with E-state index in [1.165, 1.54) is 10.8 Å². The average Bonchev–Trinajstić information content (AvgIpc) is 3.20. The summed E-state index contributed by atoms with van der Waals surface area (Å²) >= 11 is 0. The van der Waals surface area contributed by atoms with Crippen molar-refractivity contribution in [1.82, 2.24) is 9.55 Å². The van der Waals surface area contributed by atoms with E-state index in [1.807, 2.05) is 60.7 Å². The molecule has 160 valence electrons. The molecule has 0 aliphatic heterocycles. The molecule has 1 aromatic heterocycles. The van der Waals surface area contributed by atoms with E-state index in [1.54, 1.807) is 7.11 Å². The van der Waals surface area contributed by atoms with Crippen LogP contribution in [0, 0.1) is 0 Å². The third-order valence-electron chi connectivity index (χ3n) is 5.47. The Bertz CT molecular complexity index is 1340. The molecule has 0 aliphatic rings. The Labute approximate surface area is 186 Å². The van der Waals surface area contributed by atoms with Crippen molar-refractivity contribution in [2.24, 2.45) is 0 Å². The van der Waals surface area contributed by atoms with E-state index >= 15 is 0 Å². The van der Waals surface area contributed by atoms with Crippen molar-refractivity contribution in [3.63, 3.8) is 0 Å². The summed E-state index contributed by atoms with van der Waals surface area (Å²) in [6.45, 7) is 1.58. The molecule has 0 bridgehead atoms. The third kappa shape index (κ3) is 4.23. The molecule has 32 heavy (non-hydrogen) atoms. The lowest BCUT2D eigenvalue weighted by Gasteiger charge is -2.12. The summed E-state index contributed by atoms with van der Waals surface area (Å²) in [7, 11) is 1.65. The van der Waals surface area contributed by atoms with Gasteiger partial charge in [-0.25, -0.2) is 4.98 Å². The Morgan fingerprint density at radius 2 is 1.44 bits per heavy atom. The van der Waals surface area contributed by atoms with Crippen LogP contribution in [0.1, 0.15) is 5.82 Å². The summed E-state index contributed by atoms with van der Waals surface area (Å²) < 4.78 is 19.4. The Kier molecular flexibility index (Phi) is 5.62. The lowest BCUT2D eigenvalue weighted by Crippen LogP contribution is -2.13. The summed E-state index contributed by atoms with van der Waals surface area (Å²) in [6, 6.07) is 30.2. The van der Waals surface area contributed by atoms with Crippen LogP contribution >= 0.6 is 0 Å². The zero-order valence-corrected chi connectivity index (χ0v) is 17.9. The number of rotatable bonds is 8. The van der Waals surface area contributed by atoms with Gasteiger partial charge in [0.15, 0.2) is 0 Å². The highest BCUT2D eigenvalue weighted by Crippen LogP contribution is 2.22. The van der Waals surface area contributed by atoms with Gasteiger partial charge in [0.05, 0.1) is 24.7 Å². The van der Waals surface area contributed by atoms with Crippen molar-refractivity contribution < 1.29 is 14.2 Å². The quantitative estimate of drug-likeness (QED) is 0.313. The molecule has 0 aliphatic carbocycles. The van der Waals surface area contributed by atoms with Crippen LogP contribution in [-0.2, 0) is 13.2 Å². The van der Waals surface area contributed by atoms with Crippen LogP contribution in [0.5, 0.6) is 17.2 Å². The van der Waals surface area contributed by atoms with Crippen molar-refractivity contribution in [1.29, 1.82) is 0 Å². The van der Waals surface area contributed by atoms with Crippen LogP contribution in [0.3, 0.4) is 0 Å². The first-order chi connectivity index (χ1) is 15.8. The van der Waals surface area contributed by atoms with Gasteiger partial charge in [0.25, 0.3) is 0 Å². The van der Waals surface area contributed by atoms with Crippen molar-refractivity contribution in [2.45, 2.75) is 13.2 Å². The number of benzene rings is 4. The summed E-state index contributed by atoms with van der Waals surface area (Å²) in [6.07, 6.45) is 0. The first-order valence-electron chi connectivity index (χ1n) is 10.6. The molecule has 0 spiro atoms. The highest BCUT2D eigenvalue weighted by molar-refractivity contribution is 5.83. The smallest absolute Gasteiger partial charge is 0.148 e. The summed E-state index contributed by atoms with van der Waals surface area (Å²) in [4.78, 5) is 4.79. The predicted octanol–water partition coefficient (Wildman–Crippen LogP) is 5.86. The SMILES string of the molecule is COc1ccc(OCc2nc3ccccc3n2CCOc2ccc3ccccc3c2)cc1. The Morgan fingerprint density at radius 1 is 0.719 bits per heavy atom. The molecule has 5 nitrogen and oxygen atoms in total. The van der Waals surface area contributed by atoms with E-state index in [0.29, 0.717) is 19.8 Å². The monoisotopic (exact) mass is 424 g/mol. The van der Waals surface area contributed by atoms with Gasteiger partial charge in [-0.2, -0.15) is 0 Å². The lowest BCUT2D eigenvalue weighted by atomic mass is 10.1. The molecule has 5 aromatic rings. The maximum absolute atomic E-state index is 6.08. The topological polar surface area (TPSA) is 45.5 Å². The number of aromatic nitrogens is 2. The number of fused-ring (bicyclic) bond motifs is 2. The maximum atomic E-state index is 6.08. The molecule has 0 N–H and O–H groups in total. The first kappa shape index (κ1) is 19.9. The van der Waals surface area contributed by atoms with Crippen LogP contribution < -0.4 is 14.2 Å². The fourth-order valence-electron chi connectivity index (χ4n) is 3.82. The van der Waals surface area contributed by atoms with E-state index in [9.17, 15) is 0 Å². The van der Waals surface area contributed by atoms with Gasteiger partial charge >= 0.3 is 0 Å². The Balaban J connectivity index is 1.31. The van der Waals surface area contributed by atoms with Crippen LogP contribution in [0.15, 0.2) is 91.0 Å². The van der Waals surface area contributed by atoms with Gasteiger partial charge in [-0.1, -0.05) is 42.5 Å². The van der Waals surface area contributed by atoms with Crippen LogP contribution in [0.4, 0.5) is 0 Å². The number of hydrogen-bond donors (Lipinski definition) is 0. The van der Waals surface area contributed by atoms with Gasteiger partial charge in [0.2, 0.25) is 0 Å². The molecular formula is C27H24N2O3. The van der Waals surface area contributed by atoms with E-state index < -0.39 is 0 Å². The molecule has 5 rings (SSSR count). The minimum atomic E-state index is 0.372. The standard InChI is InChI=1S/C27H24N2O3/c1-30-22-12-14-23(15-13-22)32-19-27-28-25-8-4-5-9-26(25)29(27)16-17-31-24-11-10-20-6-2-3-7-21(20)18-24/h2-15,18H,16-17,19H2,1H3. The predicted molar refractivity (Wildman–Crippen MR) is 127 cm³/mol. The summed E-state index contributed by atoms with van der Waals surface area (Å²) in [5.74, 6) is 3.31. The first-order valence-corrected chi connectivity index (χ1v) is 10.6. The summed E-state index contributed by atoms with van der Waals surface area (Å²) in [5.41, 5.74) is 2.02. The number of methoxy groups -OCH3 is 1. The largest absolute Gasteiger partial charge is 0.497 e. The summed E-state index contributed by atoms with van der Waals surface area (Å²) in [5, 5.41) is 2.38. The van der Waals surface area contributed by atoms with Crippen molar-refractivity contribution in [2.75, 3.05) is 13.7 Å². The number of nitrogens with zero attached hydrogens (tertiary/aromatic N) is 2. The zero-order valence-electron chi connectivity index (χ0n) is 17.9. The van der Waals surface area contributed by atoms with E-state index in [4.69, 9.17) is 19.2 Å². The molecule has 0 radical (unpaired) electrons. The number of hydrogen-bond acceptors (Lipinski definition) is 4. The molecule has 0 saturated heterocycles. The van der Waals surface area contributed by atoms with Gasteiger partial charge < -0.3 is 18.8 Å². The fourth-order valence-corrected chi connectivity index (χ4v) is 3.82. The van der Waals surface area contributed by atoms with E-state index in [0.717, 1.165) is 34.1 Å². The second kappa shape index (κ2) is 9.02. The average molecular weight is 425 g/mol. The molecule has 0 unspecified atom stereocenters. The Hall–Kier alpha value is -3.99. The number of ether oxygens (including phenoxy) is 3. The highest BCUT2D eigenvalue weighted by atomic mass is 16.5. The fraction of sp³-hybridized carbons (Fsp3) is 0.148. The van der Waals surface area contributed by atoms with Crippen molar-refractivity contribution >= 4 is 21.8 Å². The molecule has 0 amide bonds. The molecule has 0 atom stereocenters. The molecular weight excluding hydrogens is 400 g/mol. The van der Waals surface area contributed by atoms with E-state index in [-0.39, 0.29) is 0 Å². The highest BCUT2D eigenvalue weighted by Gasteiger charge is 2.11. The van der Waals surface area contributed by atoms with Crippen molar-refractivity contribution in [3.05, 3.63) is 96.8 Å². The minimum absolute atomic E-state index is 0.372. The molecule has 5 heteroatoms. The Morgan fingerprint density at radius 3 is 2.28 bits per heavy atom. The van der Waals surface area contributed by atoms with Gasteiger partial charge in [0, 0.05) is 0 Å². The second-order valence-corrected chi connectivity index (χ2v) is 7.49. The van der Waals surface area contributed by atoms with E-state index in [2.05, 4.69) is 34.9 Å². The molecule has 4 aromatic carbocycles. The van der Waals surface area contributed by atoms with Crippen molar-refractivity contribution in [3.8, 4) is 17.2 Å². The maximum Gasteiger partial charge on any atom is 0.148 e. The second-order valence-electron chi connectivity index (χ2n) is 7.49. The number of imidazole rings is 1. The van der Waals surface area contributed by atoms with Gasteiger partial charge in [0.1, 0.15) is 36.3 Å². The van der Waals surface area contributed by atoms with Gasteiger partial charge in [-0.15, -0.1) is 0 Å². The molecule has 1 heterocycles. The normalized spacial score (nSPS) is 11.0. The van der Waals surface area contributed by atoms with Gasteiger partial charge in [-0.3, -0.25) is 0 Å². The molecule has 0 saturated carbocycles. The van der Waals surface area contributed by atoms with Crippen LogP contribution in [0.2, 0.25) is 0 Å². The van der Waals surface area contributed by atoms with Gasteiger partial charge in [-0.05, 0) is 59.3 Å². The zero-order chi connectivity index (χ0) is 21.8. The minimum Gasteiger partial charge on any atom is -0.497 e. The third-order valence-corrected chi connectivity index (χ3v) is 5.47. The lowest BCUT2D eigenvalue weighted by molar-refractivity contribution is 0.272. The van der Waals surface area contributed by atoms with Crippen LogP contribution in [0.25, 0.3) is 21.8 Å². The van der Waals surface area contributed by atoms with Crippen LogP contribution in [-0.4, -0.2) is 23.3 Å².